The number of hydrogen-bond acceptors (Lipinski definition) is 4. The summed E-state index contributed by atoms with van der Waals surface area (Å²) >= 11 is 0. The van der Waals surface area contributed by atoms with E-state index in [0.29, 0.717) is 12.1 Å². The third kappa shape index (κ3) is 4.20. The van der Waals surface area contributed by atoms with E-state index < -0.39 is 0 Å². The Balaban J connectivity index is 1.98. The lowest BCUT2D eigenvalue weighted by molar-refractivity contribution is 0.268. The minimum atomic E-state index is 0.368. The van der Waals surface area contributed by atoms with Crippen molar-refractivity contribution in [2.75, 3.05) is 40.8 Å². The molecule has 1 aliphatic heterocycles. The number of hydrogen-bond donors (Lipinski definition) is 2. The first-order valence-electron chi connectivity index (χ1n) is 7.45. The van der Waals surface area contributed by atoms with Crippen molar-refractivity contribution in [2.45, 2.75) is 24.9 Å². The zero-order valence-electron chi connectivity index (χ0n) is 12.9. The van der Waals surface area contributed by atoms with Gasteiger partial charge in [-0.3, -0.25) is 0 Å². The van der Waals surface area contributed by atoms with Gasteiger partial charge < -0.3 is 20.3 Å². The van der Waals surface area contributed by atoms with Crippen LogP contribution in [0, 0.1) is 0 Å². The van der Waals surface area contributed by atoms with Crippen molar-refractivity contribution in [3.05, 3.63) is 29.8 Å². The second-order valence-electron chi connectivity index (χ2n) is 5.71. The van der Waals surface area contributed by atoms with Crippen molar-refractivity contribution < 1.29 is 4.74 Å². The standard InChI is InChI=1S/C16H27N3O/c1-19(2)16(12-18-14-7-5-9-17-11-14)13-6-4-8-15(10-13)20-3/h4,6,8,10,14,16-18H,5,7,9,11-12H2,1-3H3. The summed E-state index contributed by atoms with van der Waals surface area (Å²) in [5, 5.41) is 7.14. The summed E-state index contributed by atoms with van der Waals surface area (Å²) in [5.74, 6) is 0.925. The van der Waals surface area contributed by atoms with Crippen LogP contribution in [0.5, 0.6) is 5.75 Å². The Hall–Kier alpha value is -1.10. The quantitative estimate of drug-likeness (QED) is 0.829. The molecule has 0 radical (unpaired) electrons. The van der Waals surface area contributed by atoms with Gasteiger partial charge in [0.05, 0.1) is 7.11 Å². The predicted molar refractivity (Wildman–Crippen MR) is 83.3 cm³/mol. The van der Waals surface area contributed by atoms with Gasteiger partial charge in [0.15, 0.2) is 0 Å². The Bertz CT molecular complexity index is 402. The SMILES string of the molecule is COc1cccc(C(CNC2CCCNC2)N(C)C)c1. The summed E-state index contributed by atoms with van der Waals surface area (Å²) in [5.41, 5.74) is 1.30. The molecule has 1 aromatic carbocycles. The molecule has 1 heterocycles. The van der Waals surface area contributed by atoms with Crippen molar-refractivity contribution in [3.8, 4) is 5.75 Å². The molecule has 2 N–H and O–H groups in total. The van der Waals surface area contributed by atoms with Gasteiger partial charge in [0.1, 0.15) is 5.75 Å². The molecule has 0 bridgehead atoms. The molecule has 0 aromatic heterocycles. The van der Waals surface area contributed by atoms with E-state index in [1.54, 1.807) is 7.11 Å². The van der Waals surface area contributed by atoms with E-state index in [9.17, 15) is 0 Å². The number of nitrogens with zero attached hydrogens (tertiary/aromatic N) is 1. The van der Waals surface area contributed by atoms with Gasteiger partial charge in [0, 0.05) is 25.2 Å². The average molecular weight is 277 g/mol. The maximum atomic E-state index is 5.33. The summed E-state index contributed by atoms with van der Waals surface area (Å²) in [6.07, 6.45) is 2.54. The Morgan fingerprint density at radius 3 is 2.95 bits per heavy atom. The number of likely N-dealkylation sites (N-methyl/N-ethyl adjacent to an activating group) is 1. The molecular weight excluding hydrogens is 250 g/mol. The van der Waals surface area contributed by atoms with Gasteiger partial charge in [-0.1, -0.05) is 12.1 Å². The molecule has 20 heavy (non-hydrogen) atoms. The second kappa shape index (κ2) is 7.62. The molecule has 1 aromatic rings. The van der Waals surface area contributed by atoms with Gasteiger partial charge >= 0.3 is 0 Å². The van der Waals surface area contributed by atoms with Gasteiger partial charge in [-0.25, -0.2) is 0 Å². The van der Waals surface area contributed by atoms with Gasteiger partial charge in [0.25, 0.3) is 0 Å². The van der Waals surface area contributed by atoms with E-state index in [1.165, 1.54) is 18.4 Å². The fourth-order valence-corrected chi connectivity index (χ4v) is 2.75. The zero-order chi connectivity index (χ0) is 14.4. The summed E-state index contributed by atoms with van der Waals surface area (Å²) < 4.78 is 5.33. The van der Waals surface area contributed by atoms with Crippen molar-refractivity contribution >= 4 is 0 Å². The van der Waals surface area contributed by atoms with Crippen LogP contribution in [0.15, 0.2) is 24.3 Å². The molecule has 4 heteroatoms. The topological polar surface area (TPSA) is 36.5 Å². The lowest BCUT2D eigenvalue weighted by Crippen LogP contribution is -2.45. The lowest BCUT2D eigenvalue weighted by atomic mass is 10.0. The zero-order valence-corrected chi connectivity index (χ0v) is 12.9. The van der Waals surface area contributed by atoms with Crippen molar-refractivity contribution in [1.82, 2.24) is 15.5 Å². The molecular formula is C16H27N3O. The first-order valence-corrected chi connectivity index (χ1v) is 7.45. The first kappa shape index (κ1) is 15.3. The normalized spacial score (nSPS) is 20.9. The summed E-state index contributed by atoms with van der Waals surface area (Å²) in [7, 11) is 5.98. The van der Waals surface area contributed by atoms with Crippen LogP contribution < -0.4 is 15.4 Å². The Morgan fingerprint density at radius 2 is 2.30 bits per heavy atom. The predicted octanol–water partition coefficient (Wildman–Crippen LogP) is 1.64. The molecule has 4 nitrogen and oxygen atoms in total. The van der Waals surface area contributed by atoms with E-state index in [4.69, 9.17) is 4.74 Å². The number of benzene rings is 1. The average Bonchev–Trinajstić information content (AvgIpc) is 2.48. The molecule has 1 fully saturated rings. The lowest BCUT2D eigenvalue weighted by Gasteiger charge is -2.30. The Morgan fingerprint density at radius 1 is 1.45 bits per heavy atom. The minimum absolute atomic E-state index is 0.368. The molecule has 0 spiro atoms. The first-order chi connectivity index (χ1) is 9.70. The number of rotatable bonds is 6. The van der Waals surface area contributed by atoms with Crippen LogP contribution in [-0.4, -0.2) is 51.8 Å². The third-order valence-electron chi connectivity index (χ3n) is 4.00. The number of nitrogens with one attached hydrogen (secondary N) is 2. The van der Waals surface area contributed by atoms with E-state index in [2.05, 4.69) is 47.8 Å². The number of ether oxygens (including phenoxy) is 1. The molecule has 2 rings (SSSR count). The van der Waals surface area contributed by atoms with Crippen LogP contribution in [0.1, 0.15) is 24.4 Å². The highest BCUT2D eigenvalue weighted by atomic mass is 16.5. The maximum Gasteiger partial charge on any atom is 0.119 e. The van der Waals surface area contributed by atoms with Crippen molar-refractivity contribution in [2.24, 2.45) is 0 Å². The second-order valence-corrected chi connectivity index (χ2v) is 5.71. The van der Waals surface area contributed by atoms with E-state index in [1.807, 2.05) is 6.07 Å². The highest BCUT2D eigenvalue weighted by Crippen LogP contribution is 2.22. The Kier molecular flexibility index (Phi) is 5.83. The summed E-state index contributed by atoms with van der Waals surface area (Å²) in [6.45, 7) is 3.20. The monoisotopic (exact) mass is 277 g/mol. The largest absolute Gasteiger partial charge is 0.497 e. The van der Waals surface area contributed by atoms with Crippen LogP contribution in [0.4, 0.5) is 0 Å². The van der Waals surface area contributed by atoms with Crippen LogP contribution in [-0.2, 0) is 0 Å². The molecule has 1 aliphatic rings. The molecule has 2 atom stereocenters. The molecule has 1 saturated heterocycles. The van der Waals surface area contributed by atoms with Gasteiger partial charge in [-0.15, -0.1) is 0 Å². The summed E-state index contributed by atoms with van der Waals surface area (Å²) in [6, 6.07) is 9.32. The highest BCUT2D eigenvalue weighted by molar-refractivity contribution is 5.30. The molecule has 0 amide bonds. The van der Waals surface area contributed by atoms with Gasteiger partial charge in [0.2, 0.25) is 0 Å². The maximum absolute atomic E-state index is 5.33. The molecule has 0 aliphatic carbocycles. The highest BCUT2D eigenvalue weighted by Gasteiger charge is 2.18. The molecule has 2 unspecified atom stereocenters. The van der Waals surface area contributed by atoms with E-state index in [0.717, 1.165) is 25.4 Å². The molecule has 112 valence electrons. The van der Waals surface area contributed by atoms with Crippen LogP contribution >= 0.6 is 0 Å². The van der Waals surface area contributed by atoms with Crippen LogP contribution in [0.2, 0.25) is 0 Å². The van der Waals surface area contributed by atoms with Crippen molar-refractivity contribution in [3.63, 3.8) is 0 Å². The smallest absolute Gasteiger partial charge is 0.119 e. The van der Waals surface area contributed by atoms with Gasteiger partial charge in [-0.2, -0.15) is 0 Å². The summed E-state index contributed by atoms with van der Waals surface area (Å²) in [4.78, 5) is 2.26. The van der Waals surface area contributed by atoms with Gasteiger partial charge in [-0.05, 0) is 51.2 Å². The van der Waals surface area contributed by atoms with E-state index >= 15 is 0 Å². The Labute approximate surface area is 122 Å². The van der Waals surface area contributed by atoms with Crippen molar-refractivity contribution in [1.29, 1.82) is 0 Å². The molecule has 0 saturated carbocycles. The third-order valence-corrected chi connectivity index (χ3v) is 4.00. The fourth-order valence-electron chi connectivity index (χ4n) is 2.75. The number of piperidine rings is 1. The number of methoxy groups -OCH3 is 1. The van der Waals surface area contributed by atoms with Crippen LogP contribution in [0.3, 0.4) is 0 Å². The van der Waals surface area contributed by atoms with Crippen LogP contribution in [0.25, 0.3) is 0 Å². The van der Waals surface area contributed by atoms with E-state index in [-0.39, 0.29) is 0 Å². The minimum Gasteiger partial charge on any atom is -0.497 e. The fraction of sp³-hybridized carbons (Fsp3) is 0.625.